The van der Waals surface area contributed by atoms with E-state index >= 15 is 0 Å². The molecule has 0 aliphatic carbocycles. The molecule has 2 rings (SSSR count). The summed E-state index contributed by atoms with van der Waals surface area (Å²) in [6, 6.07) is 7.91. The monoisotopic (exact) mass is 312 g/mol. The zero-order valence-electron chi connectivity index (χ0n) is 12.6. The van der Waals surface area contributed by atoms with Crippen LogP contribution in [-0.2, 0) is 4.79 Å². The van der Waals surface area contributed by atoms with Crippen LogP contribution in [0.2, 0.25) is 0 Å². The number of carbonyl (C=O) groups excluding carboxylic acids is 1. The Morgan fingerprint density at radius 2 is 2.27 bits per heavy atom. The highest BCUT2D eigenvalue weighted by Gasteiger charge is 2.19. The van der Waals surface area contributed by atoms with Gasteiger partial charge in [-0.1, -0.05) is 37.6 Å². The van der Waals surface area contributed by atoms with E-state index in [0.29, 0.717) is 5.57 Å². The Kier molecular flexibility index (Phi) is 6.10. The van der Waals surface area contributed by atoms with Crippen LogP contribution < -0.4 is 5.73 Å². The maximum Gasteiger partial charge on any atom is 0.245 e. The second kappa shape index (κ2) is 8.29. The number of aromatic nitrogens is 1. The van der Waals surface area contributed by atoms with E-state index in [1.807, 2.05) is 47.9 Å². The number of amides is 1. The van der Waals surface area contributed by atoms with Crippen molar-refractivity contribution >= 4 is 23.3 Å². The second-order valence-corrected chi connectivity index (χ2v) is 5.97. The standard InChI is InChI=1S/C18H20N2OS/c1-2-6-16(14-7-4-11-20-13-14)17(18(19)21)10-3-8-15-9-5-12-22-15/h3-5,7-13,16H,2,6H2,1H3,(H2,19,21)/b8-3-,17-10+. The van der Waals surface area contributed by atoms with Crippen molar-refractivity contribution in [2.24, 2.45) is 5.73 Å². The largest absolute Gasteiger partial charge is 0.366 e. The SMILES string of the molecule is CCCC(/C(=C\C=C/c1cccs1)C(N)=O)c1cccnc1. The summed E-state index contributed by atoms with van der Waals surface area (Å²) >= 11 is 1.66. The highest BCUT2D eigenvalue weighted by Crippen LogP contribution is 2.28. The molecule has 3 nitrogen and oxygen atoms in total. The molecule has 0 saturated heterocycles. The fourth-order valence-corrected chi connectivity index (χ4v) is 3.00. The van der Waals surface area contributed by atoms with E-state index in [1.165, 1.54) is 0 Å². The lowest BCUT2D eigenvalue weighted by Gasteiger charge is -2.17. The molecule has 0 aliphatic heterocycles. The number of hydrogen-bond acceptors (Lipinski definition) is 3. The lowest BCUT2D eigenvalue weighted by molar-refractivity contribution is -0.114. The lowest BCUT2D eigenvalue weighted by atomic mass is 9.87. The molecule has 0 radical (unpaired) electrons. The number of allylic oxidation sites excluding steroid dienone is 2. The molecule has 2 heterocycles. The summed E-state index contributed by atoms with van der Waals surface area (Å²) in [6.45, 7) is 2.10. The average molecular weight is 312 g/mol. The molecular weight excluding hydrogens is 292 g/mol. The Morgan fingerprint density at radius 1 is 1.41 bits per heavy atom. The van der Waals surface area contributed by atoms with Gasteiger partial charge in [-0.2, -0.15) is 0 Å². The Morgan fingerprint density at radius 3 is 2.86 bits per heavy atom. The van der Waals surface area contributed by atoms with Gasteiger partial charge in [0.1, 0.15) is 0 Å². The number of primary amides is 1. The molecule has 22 heavy (non-hydrogen) atoms. The van der Waals surface area contributed by atoms with Crippen molar-refractivity contribution in [1.82, 2.24) is 4.98 Å². The molecule has 0 spiro atoms. The first-order valence-corrected chi connectivity index (χ1v) is 8.21. The number of pyridine rings is 1. The van der Waals surface area contributed by atoms with Crippen LogP contribution in [0.4, 0.5) is 0 Å². The van der Waals surface area contributed by atoms with Crippen LogP contribution in [0.25, 0.3) is 6.08 Å². The predicted molar refractivity (Wildman–Crippen MR) is 92.5 cm³/mol. The predicted octanol–water partition coefficient (Wildman–Crippen LogP) is 4.15. The molecule has 0 aromatic carbocycles. The maximum atomic E-state index is 11.9. The van der Waals surface area contributed by atoms with Crippen molar-refractivity contribution in [2.75, 3.05) is 0 Å². The van der Waals surface area contributed by atoms with Gasteiger partial charge >= 0.3 is 0 Å². The van der Waals surface area contributed by atoms with E-state index in [4.69, 9.17) is 5.73 Å². The topological polar surface area (TPSA) is 56.0 Å². The number of hydrogen-bond donors (Lipinski definition) is 1. The Labute approximate surface area is 135 Å². The zero-order chi connectivity index (χ0) is 15.8. The molecule has 1 unspecified atom stereocenters. The van der Waals surface area contributed by atoms with Crippen molar-refractivity contribution in [1.29, 1.82) is 0 Å². The fraction of sp³-hybridized carbons (Fsp3) is 0.222. The third kappa shape index (κ3) is 4.40. The summed E-state index contributed by atoms with van der Waals surface area (Å²) < 4.78 is 0. The van der Waals surface area contributed by atoms with Crippen molar-refractivity contribution in [3.05, 3.63) is 70.2 Å². The first-order chi connectivity index (χ1) is 10.7. The molecule has 0 fully saturated rings. The number of rotatable bonds is 7. The van der Waals surface area contributed by atoms with Gasteiger partial charge in [0.25, 0.3) is 0 Å². The van der Waals surface area contributed by atoms with E-state index in [9.17, 15) is 4.79 Å². The van der Waals surface area contributed by atoms with Crippen molar-refractivity contribution in [3.63, 3.8) is 0 Å². The summed E-state index contributed by atoms with van der Waals surface area (Å²) in [6.07, 6.45) is 11.1. The van der Waals surface area contributed by atoms with E-state index in [-0.39, 0.29) is 11.8 Å². The molecule has 2 aromatic rings. The first-order valence-electron chi connectivity index (χ1n) is 7.34. The molecule has 0 bridgehead atoms. The van der Waals surface area contributed by atoms with Gasteiger partial charge in [0.2, 0.25) is 5.91 Å². The molecule has 2 N–H and O–H groups in total. The summed E-state index contributed by atoms with van der Waals surface area (Å²) in [5.74, 6) is -0.387. The smallest absolute Gasteiger partial charge is 0.245 e. The molecule has 2 aromatic heterocycles. The summed E-state index contributed by atoms with van der Waals surface area (Å²) in [5.41, 5.74) is 7.26. The van der Waals surface area contributed by atoms with Gasteiger partial charge in [-0.3, -0.25) is 9.78 Å². The minimum atomic E-state index is -0.377. The van der Waals surface area contributed by atoms with Crippen molar-refractivity contribution in [3.8, 4) is 0 Å². The van der Waals surface area contributed by atoms with Gasteiger partial charge in [-0.05, 0) is 35.6 Å². The Bertz CT molecular complexity index is 645. The minimum Gasteiger partial charge on any atom is -0.366 e. The van der Waals surface area contributed by atoms with Gasteiger partial charge in [0.15, 0.2) is 0 Å². The van der Waals surface area contributed by atoms with Crippen LogP contribution in [0.1, 0.15) is 36.1 Å². The lowest BCUT2D eigenvalue weighted by Crippen LogP contribution is -2.19. The Hall–Kier alpha value is -2.20. The van der Waals surface area contributed by atoms with E-state index in [1.54, 1.807) is 23.7 Å². The zero-order valence-corrected chi connectivity index (χ0v) is 13.4. The molecule has 1 amide bonds. The molecule has 0 aliphatic rings. The fourth-order valence-electron chi connectivity index (χ4n) is 2.38. The quantitative estimate of drug-likeness (QED) is 0.616. The Balaban J connectivity index is 2.29. The van der Waals surface area contributed by atoms with Gasteiger partial charge in [-0.25, -0.2) is 0 Å². The van der Waals surface area contributed by atoms with E-state index in [0.717, 1.165) is 23.3 Å². The van der Waals surface area contributed by atoms with E-state index < -0.39 is 0 Å². The normalized spacial score (nSPS) is 13.4. The van der Waals surface area contributed by atoms with Crippen molar-refractivity contribution < 1.29 is 4.79 Å². The van der Waals surface area contributed by atoms with Crippen LogP contribution in [0.15, 0.2) is 59.8 Å². The van der Waals surface area contributed by atoms with Gasteiger partial charge in [0, 0.05) is 28.8 Å². The van der Waals surface area contributed by atoms with Gasteiger partial charge in [0.05, 0.1) is 0 Å². The maximum absolute atomic E-state index is 11.9. The summed E-state index contributed by atoms with van der Waals surface area (Å²) in [7, 11) is 0. The third-order valence-corrected chi connectivity index (χ3v) is 4.24. The van der Waals surface area contributed by atoms with Crippen LogP contribution in [0, 0.1) is 0 Å². The second-order valence-electron chi connectivity index (χ2n) is 4.99. The minimum absolute atomic E-state index is 0.0100. The van der Waals surface area contributed by atoms with Crippen LogP contribution in [0.5, 0.6) is 0 Å². The molecular formula is C18H20N2OS. The summed E-state index contributed by atoms with van der Waals surface area (Å²) in [5, 5.41) is 2.02. The molecule has 114 valence electrons. The average Bonchev–Trinajstić information content (AvgIpc) is 3.04. The van der Waals surface area contributed by atoms with Crippen LogP contribution in [-0.4, -0.2) is 10.9 Å². The highest BCUT2D eigenvalue weighted by molar-refractivity contribution is 7.10. The van der Waals surface area contributed by atoms with Crippen LogP contribution >= 0.6 is 11.3 Å². The highest BCUT2D eigenvalue weighted by atomic mass is 32.1. The third-order valence-electron chi connectivity index (χ3n) is 3.40. The number of carbonyl (C=O) groups is 1. The molecule has 4 heteroatoms. The van der Waals surface area contributed by atoms with Crippen molar-refractivity contribution in [2.45, 2.75) is 25.7 Å². The summed E-state index contributed by atoms with van der Waals surface area (Å²) in [4.78, 5) is 17.2. The van der Waals surface area contributed by atoms with Crippen LogP contribution in [0.3, 0.4) is 0 Å². The van der Waals surface area contributed by atoms with E-state index in [2.05, 4.69) is 11.9 Å². The molecule has 1 atom stereocenters. The number of nitrogens with zero attached hydrogens (tertiary/aromatic N) is 1. The first kappa shape index (κ1) is 16.2. The number of nitrogens with two attached hydrogens (primary N) is 1. The molecule has 0 saturated carbocycles. The van der Waals surface area contributed by atoms with Gasteiger partial charge < -0.3 is 5.73 Å². The number of thiophene rings is 1. The van der Waals surface area contributed by atoms with Gasteiger partial charge in [-0.15, -0.1) is 11.3 Å².